The van der Waals surface area contributed by atoms with Gasteiger partial charge in [0, 0.05) is 15.9 Å². The van der Waals surface area contributed by atoms with Gasteiger partial charge in [-0.25, -0.2) is 0 Å². The van der Waals surface area contributed by atoms with Crippen LogP contribution in [0, 0.1) is 0 Å². The molecule has 3 nitrogen and oxygen atoms in total. The van der Waals surface area contributed by atoms with E-state index in [1.165, 1.54) is 6.26 Å². The third kappa shape index (κ3) is 1.44. The molecule has 2 aromatic rings. The van der Waals surface area contributed by atoms with Gasteiger partial charge in [0.2, 0.25) is 0 Å². The molecule has 0 aliphatic heterocycles. The highest BCUT2D eigenvalue weighted by atomic mass is 35.5. The minimum absolute atomic E-state index is 0.288. The molecule has 0 radical (unpaired) electrons. The highest BCUT2D eigenvalue weighted by molar-refractivity contribution is 6.63. The maximum absolute atomic E-state index is 8.94. The van der Waals surface area contributed by atoms with E-state index in [4.69, 9.17) is 26.1 Å². The fourth-order valence-electron chi connectivity index (χ4n) is 1.20. The normalized spacial score (nSPS) is 10.7. The summed E-state index contributed by atoms with van der Waals surface area (Å²) in [5, 5.41) is 19.0. The van der Waals surface area contributed by atoms with E-state index in [9.17, 15) is 0 Å². The molecule has 1 aromatic carbocycles. The first-order valence-corrected chi connectivity index (χ1v) is 4.09. The number of halogens is 1. The average molecular weight is 196 g/mol. The molecule has 2 rings (SSSR count). The van der Waals surface area contributed by atoms with Gasteiger partial charge < -0.3 is 14.5 Å². The summed E-state index contributed by atoms with van der Waals surface area (Å²) in [6.45, 7) is 0. The SMILES string of the molecule is OB(O)c1cc2ccoc2cc1Cl. The van der Waals surface area contributed by atoms with Crippen molar-refractivity contribution in [2.24, 2.45) is 0 Å². The number of rotatable bonds is 1. The summed E-state index contributed by atoms with van der Waals surface area (Å²) in [6.07, 6.45) is 1.52. The minimum atomic E-state index is -1.55. The Morgan fingerprint density at radius 2 is 2.08 bits per heavy atom. The first kappa shape index (κ1) is 8.63. The summed E-state index contributed by atoms with van der Waals surface area (Å²) in [7, 11) is -1.55. The van der Waals surface area contributed by atoms with Crippen LogP contribution >= 0.6 is 11.6 Å². The molecule has 0 amide bonds. The molecular formula is C8H6BClO3. The molecule has 0 bridgehead atoms. The fraction of sp³-hybridized carbons (Fsp3) is 0. The zero-order valence-corrected chi connectivity index (χ0v) is 7.32. The Balaban J connectivity index is 2.69. The Morgan fingerprint density at radius 1 is 1.31 bits per heavy atom. The molecule has 0 unspecified atom stereocenters. The van der Waals surface area contributed by atoms with Gasteiger partial charge in [-0.2, -0.15) is 0 Å². The quantitative estimate of drug-likeness (QED) is 0.662. The van der Waals surface area contributed by atoms with Crippen molar-refractivity contribution in [1.82, 2.24) is 0 Å². The molecule has 0 fully saturated rings. The highest BCUT2D eigenvalue weighted by Crippen LogP contribution is 2.18. The maximum Gasteiger partial charge on any atom is 0.489 e. The summed E-state index contributed by atoms with van der Waals surface area (Å²) in [6, 6.07) is 4.88. The number of hydrogen-bond acceptors (Lipinski definition) is 3. The third-order valence-electron chi connectivity index (χ3n) is 1.85. The lowest BCUT2D eigenvalue weighted by Crippen LogP contribution is -2.30. The topological polar surface area (TPSA) is 53.6 Å². The highest BCUT2D eigenvalue weighted by Gasteiger charge is 2.16. The zero-order valence-electron chi connectivity index (χ0n) is 6.57. The summed E-state index contributed by atoms with van der Waals surface area (Å²) < 4.78 is 5.09. The number of benzene rings is 1. The van der Waals surface area contributed by atoms with E-state index in [-0.39, 0.29) is 10.5 Å². The summed E-state index contributed by atoms with van der Waals surface area (Å²) in [5.41, 5.74) is 0.921. The Hall–Kier alpha value is -0.965. The van der Waals surface area contributed by atoms with Crippen molar-refractivity contribution in [3.8, 4) is 0 Å². The Bertz CT molecular complexity index is 438. The van der Waals surface area contributed by atoms with Crippen LogP contribution in [0.5, 0.6) is 0 Å². The second kappa shape index (κ2) is 3.07. The molecule has 0 saturated carbocycles. The van der Waals surface area contributed by atoms with Crippen molar-refractivity contribution in [3.63, 3.8) is 0 Å². The van der Waals surface area contributed by atoms with Crippen molar-refractivity contribution in [2.75, 3.05) is 0 Å². The molecule has 13 heavy (non-hydrogen) atoms. The van der Waals surface area contributed by atoms with Crippen LogP contribution in [0.15, 0.2) is 28.9 Å². The third-order valence-corrected chi connectivity index (χ3v) is 2.18. The minimum Gasteiger partial charge on any atom is -0.464 e. The van der Waals surface area contributed by atoms with Crippen LogP contribution < -0.4 is 5.46 Å². The predicted molar refractivity (Wildman–Crippen MR) is 51.0 cm³/mol. The molecule has 0 aliphatic rings. The molecule has 0 atom stereocenters. The smallest absolute Gasteiger partial charge is 0.464 e. The average Bonchev–Trinajstić information content (AvgIpc) is 2.48. The predicted octanol–water partition coefficient (Wildman–Crippen LogP) is 0.766. The van der Waals surface area contributed by atoms with Crippen molar-refractivity contribution >= 4 is 35.2 Å². The number of hydrogen-bond donors (Lipinski definition) is 2. The Morgan fingerprint density at radius 3 is 2.77 bits per heavy atom. The first-order valence-electron chi connectivity index (χ1n) is 3.71. The van der Waals surface area contributed by atoms with Gasteiger partial charge in [0.25, 0.3) is 0 Å². The van der Waals surface area contributed by atoms with Gasteiger partial charge in [0.05, 0.1) is 6.26 Å². The van der Waals surface area contributed by atoms with Gasteiger partial charge in [-0.05, 0) is 18.2 Å². The van der Waals surface area contributed by atoms with Gasteiger partial charge in [-0.1, -0.05) is 11.6 Å². The maximum atomic E-state index is 8.94. The summed E-state index contributed by atoms with van der Waals surface area (Å²) in [5.74, 6) is 0. The number of furan rings is 1. The van der Waals surface area contributed by atoms with Gasteiger partial charge >= 0.3 is 7.12 Å². The molecule has 0 aliphatic carbocycles. The molecule has 66 valence electrons. The zero-order chi connectivity index (χ0) is 9.42. The van der Waals surface area contributed by atoms with Crippen LogP contribution in [0.2, 0.25) is 5.02 Å². The van der Waals surface area contributed by atoms with Crippen molar-refractivity contribution in [1.29, 1.82) is 0 Å². The van der Waals surface area contributed by atoms with Gasteiger partial charge in [-0.15, -0.1) is 0 Å². The summed E-state index contributed by atoms with van der Waals surface area (Å²) >= 11 is 5.78. The second-order valence-electron chi connectivity index (χ2n) is 2.71. The van der Waals surface area contributed by atoms with E-state index in [1.807, 2.05) is 0 Å². The van der Waals surface area contributed by atoms with E-state index in [2.05, 4.69) is 0 Å². The lowest BCUT2D eigenvalue weighted by molar-refractivity contribution is 0.426. The first-order chi connectivity index (χ1) is 6.18. The van der Waals surface area contributed by atoms with Crippen molar-refractivity contribution in [3.05, 3.63) is 29.5 Å². The van der Waals surface area contributed by atoms with E-state index in [0.717, 1.165) is 5.39 Å². The van der Waals surface area contributed by atoms with Crippen LogP contribution in [0.1, 0.15) is 0 Å². The van der Waals surface area contributed by atoms with E-state index < -0.39 is 7.12 Å². The standard InChI is InChI=1S/C8H6BClO3/c10-7-4-8-5(1-2-13-8)3-6(7)9(11)12/h1-4,11-12H. The van der Waals surface area contributed by atoms with E-state index >= 15 is 0 Å². The van der Waals surface area contributed by atoms with Gasteiger partial charge in [-0.3, -0.25) is 0 Å². The molecule has 1 aromatic heterocycles. The largest absolute Gasteiger partial charge is 0.489 e. The van der Waals surface area contributed by atoms with E-state index in [0.29, 0.717) is 5.58 Å². The lowest BCUT2D eigenvalue weighted by Gasteiger charge is -2.01. The van der Waals surface area contributed by atoms with Crippen LogP contribution in [0.3, 0.4) is 0 Å². The van der Waals surface area contributed by atoms with E-state index in [1.54, 1.807) is 18.2 Å². The molecule has 0 saturated heterocycles. The lowest BCUT2D eigenvalue weighted by atomic mass is 9.80. The second-order valence-corrected chi connectivity index (χ2v) is 3.11. The van der Waals surface area contributed by atoms with Crippen LogP contribution in [-0.2, 0) is 0 Å². The van der Waals surface area contributed by atoms with Crippen molar-refractivity contribution < 1.29 is 14.5 Å². The van der Waals surface area contributed by atoms with Gasteiger partial charge in [0.1, 0.15) is 5.58 Å². The monoisotopic (exact) mass is 196 g/mol. The molecule has 2 N–H and O–H groups in total. The van der Waals surface area contributed by atoms with Crippen LogP contribution in [0.25, 0.3) is 11.0 Å². The van der Waals surface area contributed by atoms with Crippen LogP contribution in [0.4, 0.5) is 0 Å². The van der Waals surface area contributed by atoms with Crippen LogP contribution in [-0.4, -0.2) is 17.2 Å². The molecule has 5 heteroatoms. The molecule has 0 spiro atoms. The van der Waals surface area contributed by atoms with Gasteiger partial charge in [0.15, 0.2) is 0 Å². The summed E-state index contributed by atoms with van der Waals surface area (Å²) in [4.78, 5) is 0. The fourth-order valence-corrected chi connectivity index (χ4v) is 1.45. The molecular weight excluding hydrogens is 190 g/mol. The Labute approximate surface area is 79.7 Å². The van der Waals surface area contributed by atoms with Crippen molar-refractivity contribution in [2.45, 2.75) is 0 Å². The molecule has 1 heterocycles. The Kier molecular flexibility index (Phi) is 2.03. The number of fused-ring (bicyclic) bond motifs is 1.